The van der Waals surface area contributed by atoms with Crippen LogP contribution in [0.15, 0.2) is 47.5 Å². The maximum atomic E-state index is 11.9. The molecule has 1 aromatic carbocycles. The lowest BCUT2D eigenvalue weighted by molar-refractivity contribution is 0.102. The largest absolute Gasteiger partial charge is 0.443 e. The van der Waals surface area contributed by atoms with E-state index in [0.717, 1.165) is 0 Å². The number of oxazole rings is 1. The van der Waals surface area contributed by atoms with Gasteiger partial charge in [0, 0.05) is 18.0 Å². The smallest absolute Gasteiger partial charge is 0.258 e. The van der Waals surface area contributed by atoms with Crippen LogP contribution in [0.4, 0.5) is 5.95 Å². The fraction of sp³-hybridized carbons (Fsp3) is 0. The van der Waals surface area contributed by atoms with Gasteiger partial charge in [-0.15, -0.1) is 0 Å². The average Bonchev–Trinajstić information content (AvgIpc) is 2.87. The second kappa shape index (κ2) is 4.25. The third-order valence-corrected chi connectivity index (χ3v) is 2.38. The van der Waals surface area contributed by atoms with Crippen LogP contribution in [-0.4, -0.2) is 20.9 Å². The summed E-state index contributed by atoms with van der Waals surface area (Å²) in [5.74, 6) is -0.0196. The van der Waals surface area contributed by atoms with Gasteiger partial charge in [-0.05, 0) is 24.3 Å². The summed E-state index contributed by atoms with van der Waals surface area (Å²) in [5, 5.41) is 2.60. The number of anilines is 1. The van der Waals surface area contributed by atoms with Gasteiger partial charge in [0.2, 0.25) is 5.95 Å². The number of benzene rings is 1. The SMILES string of the molecule is O=C(Nc1ncccn1)c1ccc2ocnc2c1. The molecule has 0 unspecified atom stereocenters. The molecule has 1 amide bonds. The van der Waals surface area contributed by atoms with E-state index in [1.807, 2.05) is 0 Å². The number of carbonyl (C=O) groups is 1. The van der Waals surface area contributed by atoms with Crippen LogP contribution in [0.5, 0.6) is 0 Å². The van der Waals surface area contributed by atoms with Crippen LogP contribution in [0.1, 0.15) is 10.4 Å². The van der Waals surface area contributed by atoms with Gasteiger partial charge in [0.15, 0.2) is 12.0 Å². The Bertz CT molecular complexity index is 693. The lowest BCUT2D eigenvalue weighted by Crippen LogP contribution is -2.13. The second-order valence-corrected chi connectivity index (χ2v) is 3.56. The molecule has 0 radical (unpaired) electrons. The molecule has 0 saturated heterocycles. The van der Waals surface area contributed by atoms with Crippen LogP contribution in [0.25, 0.3) is 11.1 Å². The summed E-state index contributed by atoms with van der Waals surface area (Å²) < 4.78 is 5.10. The molecular formula is C12H8N4O2. The first-order valence-corrected chi connectivity index (χ1v) is 5.24. The highest BCUT2D eigenvalue weighted by atomic mass is 16.3. The molecule has 0 spiro atoms. The fourth-order valence-electron chi connectivity index (χ4n) is 1.54. The van der Waals surface area contributed by atoms with Crippen molar-refractivity contribution in [1.82, 2.24) is 15.0 Å². The lowest BCUT2D eigenvalue weighted by atomic mass is 10.2. The van der Waals surface area contributed by atoms with Crippen molar-refractivity contribution in [2.45, 2.75) is 0 Å². The van der Waals surface area contributed by atoms with Gasteiger partial charge in [0.25, 0.3) is 5.91 Å². The van der Waals surface area contributed by atoms with E-state index in [2.05, 4.69) is 20.3 Å². The van der Waals surface area contributed by atoms with Crippen molar-refractivity contribution in [1.29, 1.82) is 0 Å². The van der Waals surface area contributed by atoms with Gasteiger partial charge in [0.1, 0.15) is 5.52 Å². The molecule has 3 aromatic rings. The molecule has 0 bridgehead atoms. The first kappa shape index (κ1) is 10.4. The number of fused-ring (bicyclic) bond motifs is 1. The van der Waals surface area contributed by atoms with Gasteiger partial charge in [-0.2, -0.15) is 0 Å². The molecule has 2 aromatic heterocycles. The van der Waals surface area contributed by atoms with Crippen molar-refractivity contribution < 1.29 is 9.21 Å². The normalized spacial score (nSPS) is 10.4. The summed E-state index contributed by atoms with van der Waals surface area (Å²) in [6.45, 7) is 0. The Hall–Kier alpha value is -2.76. The minimum absolute atomic E-state index is 0.266. The number of aromatic nitrogens is 3. The number of amides is 1. The van der Waals surface area contributed by atoms with Crippen LogP contribution >= 0.6 is 0 Å². The standard InChI is InChI=1S/C12H8N4O2/c17-11(16-12-13-4-1-5-14-12)8-2-3-10-9(6-8)15-7-18-10/h1-7H,(H,13,14,16,17). The predicted octanol–water partition coefficient (Wildman–Crippen LogP) is 1.87. The number of hydrogen-bond donors (Lipinski definition) is 1. The Morgan fingerprint density at radius 3 is 2.83 bits per heavy atom. The van der Waals surface area contributed by atoms with E-state index < -0.39 is 0 Å². The number of nitrogens with one attached hydrogen (secondary N) is 1. The van der Waals surface area contributed by atoms with Gasteiger partial charge < -0.3 is 4.42 Å². The van der Waals surface area contributed by atoms with E-state index in [0.29, 0.717) is 16.7 Å². The highest BCUT2D eigenvalue weighted by molar-refractivity contribution is 6.04. The minimum Gasteiger partial charge on any atom is -0.443 e. The third kappa shape index (κ3) is 1.91. The van der Waals surface area contributed by atoms with Gasteiger partial charge in [-0.1, -0.05) is 0 Å². The second-order valence-electron chi connectivity index (χ2n) is 3.56. The number of nitrogens with zero attached hydrogens (tertiary/aromatic N) is 3. The Morgan fingerprint density at radius 2 is 2.00 bits per heavy atom. The monoisotopic (exact) mass is 240 g/mol. The van der Waals surface area contributed by atoms with Crippen LogP contribution in [-0.2, 0) is 0 Å². The number of rotatable bonds is 2. The Kier molecular flexibility index (Phi) is 2.45. The predicted molar refractivity (Wildman–Crippen MR) is 64.0 cm³/mol. The quantitative estimate of drug-likeness (QED) is 0.739. The van der Waals surface area contributed by atoms with Crippen molar-refractivity contribution in [3.8, 4) is 0 Å². The summed E-state index contributed by atoms with van der Waals surface area (Å²) >= 11 is 0. The zero-order chi connectivity index (χ0) is 12.4. The van der Waals surface area contributed by atoms with Crippen molar-refractivity contribution in [3.63, 3.8) is 0 Å². The molecule has 0 saturated carbocycles. The molecule has 0 aliphatic rings. The molecule has 0 atom stereocenters. The number of hydrogen-bond acceptors (Lipinski definition) is 5. The van der Waals surface area contributed by atoms with Crippen LogP contribution in [0.2, 0.25) is 0 Å². The molecule has 3 rings (SSSR count). The van der Waals surface area contributed by atoms with Crippen LogP contribution in [0.3, 0.4) is 0 Å². The highest BCUT2D eigenvalue weighted by Crippen LogP contribution is 2.14. The van der Waals surface area contributed by atoms with Crippen molar-refractivity contribution in [3.05, 3.63) is 48.6 Å². The van der Waals surface area contributed by atoms with Gasteiger partial charge in [-0.3, -0.25) is 10.1 Å². The first-order chi connectivity index (χ1) is 8.83. The Balaban J connectivity index is 1.87. The van der Waals surface area contributed by atoms with Gasteiger partial charge >= 0.3 is 0 Å². The highest BCUT2D eigenvalue weighted by Gasteiger charge is 2.09. The molecule has 18 heavy (non-hydrogen) atoms. The van der Waals surface area contributed by atoms with E-state index in [9.17, 15) is 4.79 Å². The van der Waals surface area contributed by atoms with E-state index in [1.165, 1.54) is 6.39 Å². The summed E-state index contributed by atoms with van der Waals surface area (Å²) in [7, 11) is 0. The zero-order valence-electron chi connectivity index (χ0n) is 9.20. The summed E-state index contributed by atoms with van der Waals surface area (Å²) in [6.07, 6.45) is 4.46. The molecule has 2 heterocycles. The molecule has 0 aliphatic heterocycles. The maximum absolute atomic E-state index is 11.9. The molecule has 88 valence electrons. The summed E-state index contributed by atoms with van der Waals surface area (Å²) in [6, 6.07) is 6.68. The zero-order valence-corrected chi connectivity index (χ0v) is 9.20. The van der Waals surface area contributed by atoms with Gasteiger partial charge in [0.05, 0.1) is 0 Å². The van der Waals surface area contributed by atoms with E-state index >= 15 is 0 Å². The lowest BCUT2D eigenvalue weighted by Gasteiger charge is -2.02. The molecular weight excluding hydrogens is 232 g/mol. The molecule has 6 heteroatoms. The summed E-state index contributed by atoms with van der Waals surface area (Å²) in [4.78, 5) is 23.8. The van der Waals surface area contributed by atoms with E-state index in [1.54, 1.807) is 36.7 Å². The van der Waals surface area contributed by atoms with Crippen LogP contribution in [0, 0.1) is 0 Å². The summed E-state index contributed by atoms with van der Waals surface area (Å²) in [5.41, 5.74) is 1.75. The van der Waals surface area contributed by atoms with E-state index in [-0.39, 0.29) is 11.9 Å². The Labute approximate surface area is 102 Å². The minimum atomic E-state index is -0.286. The Morgan fingerprint density at radius 1 is 1.17 bits per heavy atom. The fourth-order valence-corrected chi connectivity index (χ4v) is 1.54. The van der Waals surface area contributed by atoms with Crippen molar-refractivity contribution in [2.24, 2.45) is 0 Å². The average molecular weight is 240 g/mol. The third-order valence-electron chi connectivity index (χ3n) is 2.38. The van der Waals surface area contributed by atoms with Crippen LogP contribution < -0.4 is 5.32 Å². The molecule has 6 nitrogen and oxygen atoms in total. The molecule has 1 N–H and O–H groups in total. The first-order valence-electron chi connectivity index (χ1n) is 5.24. The molecule has 0 aliphatic carbocycles. The topological polar surface area (TPSA) is 80.9 Å². The maximum Gasteiger partial charge on any atom is 0.258 e. The molecule has 0 fully saturated rings. The van der Waals surface area contributed by atoms with Crippen molar-refractivity contribution >= 4 is 23.0 Å². The van der Waals surface area contributed by atoms with Gasteiger partial charge in [-0.25, -0.2) is 15.0 Å². The van der Waals surface area contributed by atoms with Crippen molar-refractivity contribution in [2.75, 3.05) is 5.32 Å². The number of carbonyl (C=O) groups excluding carboxylic acids is 1. The van der Waals surface area contributed by atoms with E-state index in [4.69, 9.17) is 4.42 Å².